The van der Waals surface area contributed by atoms with Crippen LogP contribution in [0.25, 0.3) is 0 Å². The Kier molecular flexibility index (Phi) is 5.03. The number of carbonyl (C=O) groups excluding carboxylic acids is 1. The normalized spacial score (nSPS) is 15.4. The average Bonchev–Trinajstić information content (AvgIpc) is 2.45. The maximum Gasteiger partial charge on any atom is 0.303 e. The fourth-order valence-electron chi connectivity index (χ4n) is 2.24. The standard InChI is InChI=1S/C16H22N2O4/c1-16(2)10-18-12-8-11(5-6-14(12)22-16)13(19)9-17-7-3-4-15(20)21/h5-6,8,17-18H,3-4,7,9-10H2,1-2H3,(H,20,21). The van der Waals surface area contributed by atoms with Gasteiger partial charge in [0.2, 0.25) is 0 Å². The van der Waals surface area contributed by atoms with E-state index in [0.29, 0.717) is 25.1 Å². The molecule has 3 N–H and O–H groups in total. The summed E-state index contributed by atoms with van der Waals surface area (Å²) in [5.74, 6) is -0.0937. The van der Waals surface area contributed by atoms with Crippen LogP contribution in [0.5, 0.6) is 5.75 Å². The van der Waals surface area contributed by atoms with Gasteiger partial charge in [-0.3, -0.25) is 9.59 Å². The van der Waals surface area contributed by atoms with E-state index in [1.54, 1.807) is 18.2 Å². The van der Waals surface area contributed by atoms with Crippen LogP contribution in [0.4, 0.5) is 5.69 Å². The van der Waals surface area contributed by atoms with Crippen molar-refractivity contribution >= 4 is 17.4 Å². The van der Waals surface area contributed by atoms with Gasteiger partial charge in [0, 0.05) is 12.0 Å². The summed E-state index contributed by atoms with van der Waals surface area (Å²) in [7, 11) is 0. The van der Waals surface area contributed by atoms with E-state index in [9.17, 15) is 9.59 Å². The number of anilines is 1. The van der Waals surface area contributed by atoms with Crippen molar-refractivity contribution in [3.8, 4) is 5.75 Å². The molecule has 0 aliphatic carbocycles. The molecule has 2 rings (SSSR count). The molecule has 6 nitrogen and oxygen atoms in total. The third kappa shape index (κ3) is 4.46. The zero-order chi connectivity index (χ0) is 16.2. The molecule has 0 spiro atoms. The number of fused-ring (bicyclic) bond motifs is 1. The largest absolute Gasteiger partial charge is 0.484 e. The lowest BCUT2D eigenvalue weighted by Gasteiger charge is -2.33. The lowest BCUT2D eigenvalue weighted by atomic mass is 10.0. The lowest BCUT2D eigenvalue weighted by Crippen LogP contribution is -2.40. The van der Waals surface area contributed by atoms with E-state index < -0.39 is 5.97 Å². The molecule has 6 heteroatoms. The SMILES string of the molecule is CC1(C)CNc2cc(C(=O)CNCCCC(=O)O)ccc2O1. The predicted molar refractivity (Wildman–Crippen MR) is 83.7 cm³/mol. The Morgan fingerprint density at radius 3 is 2.91 bits per heavy atom. The Labute approximate surface area is 129 Å². The van der Waals surface area contributed by atoms with Crippen molar-refractivity contribution in [2.45, 2.75) is 32.3 Å². The molecule has 1 aliphatic heterocycles. The number of Topliss-reactive ketones (excluding diaryl/α,β-unsaturated/α-hetero) is 1. The van der Waals surface area contributed by atoms with Crippen LogP contribution in [-0.4, -0.2) is 42.1 Å². The zero-order valence-electron chi connectivity index (χ0n) is 12.9. The molecule has 1 aromatic carbocycles. The van der Waals surface area contributed by atoms with Gasteiger partial charge in [-0.05, 0) is 45.0 Å². The molecule has 0 aromatic heterocycles. The van der Waals surface area contributed by atoms with Crippen molar-refractivity contribution in [3.63, 3.8) is 0 Å². The molecule has 0 radical (unpaired) electrons. The summed E-state index contributed by atoms with van der Waals surface area (Å²) >= 11 is 0. The highest BCUT2D eigenvalue weighted by Gasteiger charge is 2.26. The van der Waals surface area contributed by atoms with E-state index in [2.05, 4.69) is 10.6 Å². The first-order valence-electron chi connectivity index (χ1n) is 7.40. The van der Waals surface area contributed by atoms with Gasteiger partial charge in [0.15, 0.2) is 5.78 Å². The predicted octanol–water partition coefficient (Wildman–Crippen LogP) is 1.91. The molecule has 0 bridgehead atoms. The van der Waals surface area contributed by atoms with Gasteiger partial charge in [-0.1, -0.05) is 0 Å². The Bertz CT molecular complexity index is 569. The second kappa shape index (κ2) is 6.79. The molecular weight excluding hydrogens is 284 g/mol. The van der Waals surface area contributed by atoms with Gasteiger partial charge in [-0.15, -0.1) is 0 Å². The Balaban J connectivity index is 1.88. The molecule has 0 saturated carbocycles. The van der Waals surface area contributed by atoms with Gasteiger partial charge >= 0.3 is 5.97 Å². The summed E-state index contributed by atoms with van der Waals surface area (Å²) in [5, 5.41) is 14.8. The first-order valence-corrected chi connectivity index (χ1v) is 7.40. The molecule has 0 saturated heterocycles. The number of hydrogen-bond donors (Lipinski definition) is 3. The van der Waals surface area contributed by atoms with Gasteiger partial charge in [0.05, 0.1) is 18.8 Å². The third-order valence-electron chi connectivity index (χ3n) is 3.42. The lowest BCUT2D eigenvalue weighted by molar-refractivity contribution is -0.137. The van der Waals surface area contributed by atoms with Gasteiger partial charge < -0.3 is 20.5 Å². The summed E-state index contributed by atoms with van der Waals surface area (Å²) in [5.41, 5.74) is 1.18. The van der Waals surface area contributed by atoms with Gasteiger partial charge in [-0.25, -0.2) is 0 Å². The third-order valence-corrected chi connectivity index (χ3v) is 3.42. The maximum atomic E-state index is 12.1. The number of rotatable bonds is 7. The zero-order valence-corrected chi connectivity index (χ0v) is 12.9. The number of aliphatic carboxylic acids is 1. The van der Waals surface area contributed by atoms with Crippen molar-refractivity contribution in [3.05, 3.63) is 23.8 Å². The topological polar surface area (TPSA) is 87.7 Å². The number of ketones is 1. The van der Waals surface area contributed by atoms with E-state index >= 15 is 0 Å². The molecule has 22 heavy (non-hydrogen) atoms. The van der Waals surface area contributed by atoms with Crippen LogP contribution in [0.1, 0.15) is 37.0 Å². The molecule has 1 heterocycles. The van der Waals surface area contributed by atoms with Crippen molar-refractivity contribution < 1.29 is 19.4 Å². The monoisotopic (exact) mass is 306 g/mol. The van der Waals surface area contributed by atoms with Crippen LogP contribution in [0.3, 0.4) is 0 Å². The molecule has 0 amide bonds. The molecule has 0 unspecified atom stereocenters. The first kappa shape index (κ1) is 16.3. The fourth-order valence-corrected chi connectivity index (χ4v) is 2.24. The highest BCUT2D eigenvalue weighted by Crippen LogP contribution is 2.33. The quantitative estimate of drug-likeness (QED) is 0.527. The smallest absolute Gasteiger partial charge is 0.303 e. The minimum atomic E-state index is -0.822. The van der Waals surface area contributed by atoms with Crippen LogP contribution < -0.4 is 15.4 Å². The summed E-state index contributed by atoms with van der Waals surface area (Å²) in [6.45, 7) is 5.40. The highest BCUT2D eigenvalue weighted by atomic mass is 16.5. The van der Waals surface area contributed by atoms with E-state index in [1.807, 2.05) is 13.8 Å². The minimum absolute atomic E-state index is 0.0234. The van der Waals surface area contributed by atoms with E-state index in [0.717, 1.165) is 11.4 Å². The summed E-state index contributed by atoms with van der Waals surface area (Å²) in [4.78, 5) is 22.5. The second-order valence-corrected chi connectivity index (χ2v) is 6.02. The minimum Gasteiger partial charge on any atom is -0.484 e. The second-order valence-electron chi connectivity index (χ2n) is 6.02. The number of carboxylic acids is 1. The Morgan fingerprint density at radius 1 is 1.41 bits per heavy atom. The molecule has 1 aromatic rings. The molecule has 120 valence electrons. The van der Waals surface area contributed by atoms with Crippen molar-refractivity contribution in [1.29, 1.82) is 0 Å². The van der Waals surface area contributed by atoms with Crippen LogP contribution in [0, 0.1) is 0 Å². The molecular formula is C16H22N2O4. The van der Waals surface area contributed by atoms with Crippen LogP contribution in [0.15, 0.2) is 18.2 Å². The van der Waals surface area contributed by atoms with Crippen LogP contribution in [0.2, 0.25) is 0 Å². The Morgan fingerprint density at radius 2 is 2.18 bits per heavy atom. The number of carbonyl (C=O) groups is 2. The van der Waals surface area contributed by atoms with Crippen molar-refractivity contribution in [2.24, 2.45) is 0 Å². The number of nitrogens with one attached hydrogen (secondary N) is 2. The summed E-state index contributed by atoms with van der Waals surface area (Å²) in [6.07, 6.45) is 0.619. The van der Waals surface area contributed by atoms with Gasteiger partial charge in [0.25, 0.3) is 0 Å². The summed E-state index contributed by atoms with van der Waals surface area (Å²) in [6, 6.07) is 5.36. The van der Waals surface area contributed by atoms with Crippen LogP contribution in [-0.2, 0) is 4.79 Å². The van der Waals surface area contributed by atoms with Gasteiger partial charge in [0.1, 0.15) is 11.4 Å². The van der Waals surface area contributed by atoms with E-state index in [1.165, 1.54) is 0 Å². The number of carboxylic acid groups (broad SMARTS) is 1. The van der Waals surface area contributed by atoms with E-state index in [4.69, 9.17) is 9.84 Å². The molecule has 0 atom stereocenters. The first-order chi connectivity index (χ1) is 10.4. The van der Waals surface area contributed by atoms with Crippen molar-refractivity contribution in [1.82, 2.24) is 5.32 Å². The molecule has 0 fully saturated rings. The Hall–Kier alpha value is -2.08. The number of benzene rings is 1. The number of ether oxygens (including phenoxy) is 1. The highest BCUT2D eigenvalue weighted by molar-refractivity contribution is 5.98. The molecule has 1 aliphatic rings. The van der Waals surface area contributed by atoms with Gasteiger partial charge in [-0.2, -0.15) is 0 Å². The van der Waals surface area contributed by atoms with Crippen molar-refractivity contribution in [2.75, 3.05) is 25.0 Å². The summed E-state index contributed by atoms with van der Waals surface area (Å²) < 4.78 is 5.84. The maximum absolute atomic E-state index is 12.1. The number of hydrogen-bond acceptors (Lipinski definition) is 5. The fraction of sp³-hybridized carbons (Fsp3) is 0.500. The average molecular weight is 306 g/mol. The van der Waals surface area contributed by atoms with Crippen LogP contribution >= 0.6 is 0 Å². The van der Waals surface area contributed by atoms with E-state index in [-0.39, 0.29) is 24.3 Å².